The molecule has 1 aliphatic heterocycles. The molecule has 206 valence electrons. The molecule has 0 radical (unpaired) electrons. The molecule has 10 nitrogen and oxygen atoms in total. The van der Waals surface area contributed by atoms with Crippen molar-refractivity contribution in [1.82, 2.24) is 9.79 Å². The molecule has 0 saturated carbocycles. The van der Waals surface area contributed by atoms with Gasteiger partial charge in [-0.2, -0.15) is 4.31 Å². The number of methoxy groups -OCH3 is 1. The Morgan fingerprint density at radius 1 is 0.975 bits per heavy atom. The van der Waals surface area contributed by atoms with Gasteiger partial charge in [0.15, 0.2) is 6.10 Å². The van der Waals surface area contributed by atoms with E-state index in [-0.39, 0.29) is 11.4 Å². The molecule has 0 saturated heterocycles. The highest BCUT2D eigenvalue weighted by Crippen LogP contribution is 2.41. The maximum absolute atomic E-state index is 13.7. The number of carbonyl (C=O) groups is 2. The van der Waals surface area contributed by atoms with E-state index in [2.05, 4.69) is 5.32 Å². The normalized spacial score (nSPS) is 16.9. The minimum Gasteiger partial charge on any atom is -0.497 e. The number of rotatable bonds is 7. The number of amides is 2. The lowest BCUT2D eigenvalue weighted by molar-refractivity contribution is -0.137. The number of nitrogens with zero attached hydrogens (tertiary/aromatic N) is 1. The van der Waals surface area contributed by atoms with Gasteiger partial charge in [-0.15, -0.1) is 11.3 Å². The first kappa shape index (κ1) is 27.3. The van der Waals surface area contributed by atoms with Gasteiger partial charge in [-0.1, -0.05) is 48.5 Å². The van der Waals surface area contributed by atoms with Crippen LogP contribution in [0.1, 0.15) is 16.5 Å². The van der Waals surface area contributed by atoms with E-state index in [4.69, 9.17) is 9.47 Å². The van der Waals surface area contributed by atoms with Gasteiger partial charge in [0.05, 0.1) is 22.6 Å². The van der Waals surface area contributed by atoms with Gasteiger partial charge >= 0.3 is 6.09 Å². The van der Waals surface area contributed by atoms with Crippen molar-refractivity contribution < 1.29 is 32.7 Å². The number of anilines is 1. The molecule has 3 aromatic carbocycles. The Labute approximate surface area is 234 Å². The number of hydrogen-bond acceptors (Lipinski definition) is 8. The van der Waals surface area contributed by atoms with Crippen LogP contribution in [0.25, 0.3) is 11.1 Å². The third-order valence-corrected chi connectivity index (χ3v) is 9.35. The van der Waals surface area contributed by atoms with Gasteiger partial charge in [-0.05, 0) is 52.9 Å². The molecular formula is C28H25N3O7S2. The lowest BCUT2D eigenvalue weighted by Gasteiger charge is -2.38. The second-order valence-electron chi connectivity index (χ2n) is 8.82. The molecule has 5 rings (SSSR count). The summed E-state index contributed by atoms with van der Waals surface area (Å²) in [6.45, 7) is -0.163. The highest BCUT2D eigenvalue weighted by molar-refractivity contribution is 7.89. The predicted molar refractivity (Wildman–Crippen MR) is 148 cm³/mol. The zero-order chi connectivity index (χ0) is 28.3. The summed E-state index contributed by atoms with van der Waals surface area (Å²) in [6.07, 6.45) is -2.24. The number of hydroxylamine groups is 1. The molecule has 2 heterocycles. The van der Waals surface area contributed by atoms with Gasteiger partial charge in [0.25, 0.3) is 5.91 Å². The Bertz CT molecular complexity index is 1620. The molecule has 0 aliphatic carbocycles. The van der Waals surface area contributed by atoms with E-state index < -0.39 is 34.2 Å². The van der Waals surface area contributed by atoms with Crippen molar-refractivity contribution in [2.24, 2.45) is 0 Å². The van der Waals surface area contributed by atoms with Crippen LogP contribution in [0.15, 0.2) is 95.2 Å². The average molecular weight is 580 g/mol. The number of fused-ring (bicyclic) bond motifs is 1. The number of sulfonamides is 1. The molecule has 0 spiro atoms. The summed E-state index contributed by atoms with van der Waals surface area (Å²) in [5.74, 6) is -0.588. The second kappa shape index (κ2) is 11.5. The highest BCUT2D eigenvalue weighted by atomic mass is 32.2. The van der Waals surface area contributed by atoms with E-state index in [9.17, 15) is 23.2 Å². The molecule has 1 aliphatic rings. The molecule has 2 amide bonds. The van der Waals surface area contributed by atoms with E-state index >= 15 is 0 Å². The molecule has 2 unspecified atom stereocenters. The Morgan fingerprint density at radius 3 is 2.38 bits per heavy atom. The fourth-order valence-corrected chi connectivity index (χ4v) is 7.11. The Morgan fingerprint density at radius 2 is 1.68 bits per heavy atom. The average Bonchev–Trinajstić information content (AvgIpc) is 3.46. The molecule has 1 aromatic heterocycles. The van der Waals surface area contributed by atoms with Gasteiger partial charge in [0.2, 0.25) is 10.0 Å². The standard InChI is InChI=1S/C28H25N3O7S2/c1-37-20-11-13-21(14-12-20)40(35,36)31-17-19-15-16-39-26(19)25(24(31)27(32)30-34)38-28(33)29-23-10-6-5-9-22(23)18-7-3-2-4-8-18/h2-16,24-25,34H,17H2,1H3,(H,29,33)(H,30,32). The molecule has 3 N–H and O–H groups in total. The largest absolute Gasteiger partial charge is 0.497 e. The lowest BCUT2D eigenvalue weighted by atomic mass is 10.0. The third-order valence-electron chi connectivity index (χ3n) is 6.49. The minimum atomic E-state index is -4.28. The minimum absolute atomic E-state index is 0.0947. The van der Waals surface area contributed by atoms with Crippen LogP contribution < -0.4 is 15.5 Å². The zero-order valence-electron chi connectivity index (χ0n) is 21.2. The Kier molecular flexibility index (Phi) is 7.85. The van der Waals surface area contributed by atoms with Crippen LogP contribution in [0.4, 0.5) is 10.5 Å². The first-order valence-electron chi connectivity index (χ1n) is 12.1. The third kappa shape index (κ3) is 5.29. The SMILES string of the molecule is COc1ccc(S(=O)(=O)N2Cc3ccsc3C(OC(=O)Nc3ccccc3-c3ccccc3)C2C(=O)NO)cc1. The van der Waals surface area contributed by atoms with Gasteiger partial charge in [0.1, 0.15) is 11.8 Å². The molecule has 12 heteroatoms. The van der Waals surface area contributed by atoms with E-state index in [1.54, 1.807) is 29.1 Å². The van der Waals surface area contributed by atoms with Gasteiger partial charge in [-0.3, -0.25) is 15.3 Å². The number of carbonyl (C=O) groups excluding carboxylic acids is 2. The van der Waals surface area contributed by atoms with Crippen LogP contribution in [0.3, 0.4) is 0 Å². The monoisotopic (exact) mass is 579 g/mol. The molecule has 0 bridgehead atoms. The summed E-state index contributed by atoms with van der Waals surface area (Å²) in [6, 6.07) is 22.4. The van der Waals surface area contributed by atoms with Crippen molar-refractivity contribution in [2.45, 2.75) is 23.6 Å². The summed E-state index contributed by atoms with van der Waals surface area (Å²) in [5.41, 5.74) is 4.19. The Hall–Kier alpha value is -4.23. The molecular weight excluding hydrogens is 554 g/mol. The van der Waals surface area contributed by atoms with E-state index in [0.29, 0.717) is 21.9 Å². The quantitative estimate of drug-likeness (QED) is 0.212. The summed E-state index contributed by atoms with van der Waals surface area (Å²) in [5, 5.41) is 14.0. The predicted octanol–water partition coefficient (Wildman–Crippen LogP) is 4.79. The van der Waals surface area contributed by atoms with E-state index in [1.807, 2.05) is 42.5 Å². The molecule has 2 atom stereocenters. The van der Waals surface area contributed by atoms with Crippen molar-refractivity contribution in [2.75, 3.05) is 12.4 Å². The lowest BCUT2D eigenvalue weighted by Crippen LogP contribution is -2.54. The molecule has 4 aromatic rings. The van der Waals surface area contributed by atoms with Crippen LogP contribution in [-0.2, 0) is 26.1 Å². The maximum atomic E-state index is 13.7. The van der Waals surface area contributed by atoms with E-state index in [0.717, 1.165) is 15.4 Å². The van der Waals surface area contributed by atoms with Crippen LogP contribution in [0.5, 0.6) is 5.75 Å². The van der Waals surface area contributed by atoms with Crippen molar-refractivity contribution in [3.63, 3.8) is 0 Å². The molecule has 0 fully saturated rings. The zero-order valence-corrected chi connectivity index (χ0v) is 22.8. The fraction of sp³-hybridized carbons (Fsp3) is 0.143. The summed E-state index contributed by atoms with van der Waals surface area (Å²) in [4.78, 5) is 26.6. The number of thiophene rings is 1. The number of para-hydroxylation sites is 1. The summed E-state index contributed by atoms with van der Waals surface area (Å²) >= 11 is 1.22. The number of ether oxygens (including phenoxy) is 2. The maximum Gasteiger partial charge on any atom is 0.412 e. The molecule has 40 heavy (non-hydrogen) atoms. The van der Waals surface area contributed by atoms with Crippen molar-refractivity contribution in [1.29, 1.82) is 0 Å². The second-order valence-corrected chi connectivity index (χ2v) is 11.7. The van der Waals surface area contributed by atoms with Gasteiger partial charge < -0.3 is 9.47 Å². The number of benzene rings is 3. The van der Waals surface area contributed by atoms with Crippen LogP contribution in [-0.4, -0.2) is 43.1 Å². The van der Waals surface area contributed by atoms with Crippen molar-refractivity contribution >= 4 is 39.0 Å². The first-order chi connectivity index (χ1) is 19.3. The van der Waals surface area contributed by atoms with Crippen LogP contribution in [0, 0.1) is 0 Å². The smallest absolute Gasteiger partial charge is 0.412 e. The van der Waals surface area contributed by atoms with Gasteiger partial charge in [-0.25, -0.2) is 18.7 Å². The number of hydrogen-bond donors (Lipinski definition) is 3. The summed E-state index contributed by atoms with van der Waals surface area (Å²) in [7, 11) is -2.83. The highest BCUT2D eigenvalue weighted by Gasteiger charge is 2.48. The Balaban J connectivity index is 1.48. The van der Waals surface area contributed by atoms with E-state index in [1.165, 1.54) is 42.7 Å². The van der Waals surface area contributed by atoms with Crippen LogP contribution >= 0.6 is 11.3 Å². The van der Waals surface area contributed by atoms with Crippen LogP contribution in [0.2, 0.25) is 0 Å². The van der Waals surface area contributed by atoms with Crippen molar-refractivity contribution in [3.05, 3.63) is 101 Å². The number of nitrogens with one attached hydrogen (secondary N) is 2. The summed E-state index contributed by atoms with van der Waals surface area (Å²) < 4.78 is 39.3. The van der Waals surface area contributed by atoms with Gasteiger partial charge in [0, 0.05) is 12.1 Å². The fourth-order valence-electron chi connectivity index (χ4n) is 4.57. The topological polar surface area (TPSA) is 134 Å². The first-order valence-corrected chi connectivity index (χ1v) is 14.4. The van der Waals surface area contributed by atoms with Crippen molar-refractivity contribution in [3.8, 4) is 16.9 Å².